The first-order valence-corrected chi connectivity index (χ1v) is 8.96. The van der Waals surface area contributed by atoms with Gasteiger partial charge < -0.3 is 5.32 Å². The van der Waals surface area contributed by atoms with Gasteiger partial charge in [-0.25, -0.2) is 9.99 Å². The zero-order valence-corrected chi connectivity index (χ0v) is 14.9. The first-order valence-electron chi connectivity index (χ1n) is 8.96. The topological polar surface area (TPSA) is 67.2 Å². The van der Waals surface area contributed by atoms with Gasteiger partial charge in [-0.15, -0.1) is 0 Å². The van der Waals surface area contributed by atoms with E-state index in [1.165, 1.54) is 9.69 Å². The van der Waals surface area contributed by atoms with Gasteiger partial charge in [0.15, 0.2) is 5.82 Å². The third-order valence-corrected chi connectivity index (χ3v) is 4.84. The highest BCUT2D eigenvalue weighted by Crippen LogP contribution is 2.24. The summed E-state index contributed by atoms with van der Waals surface area (Å²) in [6.07, 6.45) is 0. The van der Waals surface area contributed by atoms with Crippen LogP contribution in [-0.4, -0.2) is 22.2 Å². The van der Waals surface area contributed by atoms with Crippen LogP contribution in [0.15, 0.2) is 83.7 Å². The predicted octanol–water partition coefficient (Wildman–Crippen LogP) is 3.22. The van der Waals surface area contributed by atoms with Gasteiger partial charge in [0.25, 0.3) is 11.5 Å². The first-order chi connectivity index (χ1) is 13.7. The van der Waals surface area contributed by atoms with Gasteiger partial charge in [0.05, 0.1) is 16.5 Å². The van der Waals surface area contributed by atoms with Crippen LogP contribution in [0, 0.1) is 0 Å². The third kappa shape index (κ3) is 2.46. The lowest BCUT2D eigenvalue weighted by Crippen LogP contribution is -2.52. The van der Waals surface area contributed by atoms with Crippen molar-refractivity contribution in [2.75, 3.05) is 17.0 Å². The van der Waals surface area contributed by atoms with Crippen molar-refractivity contribution in [2.45, 2.75) is 0 Å². The maximum absolute atomic E-state index is 13.4. The molecule has 136 valence electrons. The highest BCUT2D eigenvalue weighted by Gasteiger charge is 2.28. The van der Waals surface area contributed by atoms with E-state index in [-0.39, 0.29) is 18.1 Å². The number of nitrogens with one attached hydrogen (secondary N) is 1. The van der Waals surface area contributed by atoms with E-state index in [1.54, 1.807) is 30.3 Å². The minimum absolute atomic E-state index is 0.176. The molecule has 6 nitrogen and oxygen atoms in total. The maximum Gasteiger partial charge on any atom is 0.280 e. The van der Waals surface area contributed by atoms with Crippen LogP contribution in [0.5, 0.6) is 0 Å². The summed E-state index contributed by atoms with van der Waals surface area (Å²) in [6, 6.07) is 23.9. The molecule has 2 heterocycles. The molecule has 4 aromatic rings. The lowest BCUT2D eigenvalue weighted by atomic mass is 10.1. The van der Waals surface area contributed by atoms with Crippen LogP contribution < -0.4 is 15.9 Å². The van der Waals surface area contributed by atoms with Crippen LogP contribution in [0.4, 0.5) is 5.69 Å². The molecule has 5 rings (SSSR count). The van der Waals surface area contributed by atoms with Crippen LogP contribution >= 0.6 is 0 Å². The molecular formula is C22H16N4O2. The molecule has 1 amide bonds. The van der Waals surface area contributed by atoms with Crippen LogP contribution in [0.3, 0.4) is 0 Å². The van der Waals surface area contributed by atoms with Crippen LogP contribution in [-0.2, 0) is 0 Å². The Labute approximate surface area is 160 Å². The molecule has 3 aromatic carbocycles. The number of rotatable bonds is 2. The third-order valence-electron chi connectivity index (χ3n) is 4.84. The number of para-hydroxylation sites is 2. The van der Waals surface area contributed by atoms with Gasteiger partial charge in [0.2, 0.25) is 0 Å². The maximum atomic E-state index is 13.4. The average Bonchev–Trinajstić information content (AvgIpc) is 2.75. The second kappa shape index (κ2) is 6.35. The minimum Gasteiger partial charge on any atom is -0.365 e. The van der Waals surface area contributed by atoms with Crippen molar-refractivity contribution in [3.05, 3.63) is 94.8 Å². The number of carbonyl (C=O) groups excluding carboxylic acids is 1. The van der Waals surface area contributed by atoms with Gasteiger partial charge in [-0.1, -0.05) is 54.6 Å². The Morgan fingerprint density at radius 3 is 2.39 bits per heavy atom. The van der Waals surface area contributed by atoms with Gasteiger partial charge in [-0.2, -0.15) is 4.68 Å². The van der Waals surface area contributed by atoms with Gasteiger partial charge in [0, 0.05) is 11.3 Å². The second-order valence-corrected chi connectivity index (χ2v) is 6.52. The fraction of sp³-hybridized carbons (Fsp3) is 0.0455. The van der Waals surface area contributed by atoms with Crippen molar-refractivity contribution in [3.63, 3.8) is 0 Å². The summed E-state index contributed by atoms with van der Waals surface area (Å²) in [5.41, 5.74) is 2.36. The fourth-order valence-corrected chi connectivity index (χ4v) is 3.48. The van der Waals surface area contributed by atoms with E-state index in [2.05, 4.69) is 5.32 Å². The molecule has 1 aliphatic heterocycles. The summed E-state index contributed by atoms with van der Waals surface area (Å²) >= 11 is 0. The van der Waals surface area contributed by atoms with E-state index in [9.17, 15) is 9.59 Å². The Kier molecular flexibility index (Phi) is 3.69. The van der Waals surface area contributed by atoms with Gasteiger partial charge in [0.1, 0.15) is 6.67 Å². The number of amides is 1. The molecule has 0 bridgehead atoms. The highest BCUT2D eigenvalue weighted by molar-refractivity contribution is 6.08. The summed E-state index contributed by atoms with van der Waals surface area (Å²) in [6.45, 7) is 0.176. The zero-order chi connectivity index (χ0) is 19.1. The quantitative estimate of drug-likeness (QED) is 0.590. The number of anilines is 1. The molecule has 0 atom stereocenters. The molecule has 0 saturated carbocycles. The lowest BCUT2D eigenvalue weighted by Gasteiger charge is -2.31. The van der Waals surface area contributed by atoms with Crippen LogP contribution in [0.1, 0.15) is 10.4 Å². The van der Waals surface area contributed by atoms with E-state index in [1.807, 2.05) is 48.5 Å². The number of fused-ring (bicyclic) bond motifs is 2. The van der Waals surface area contributed by atoms with E-state index in [0.717, 1.165) is 11.3 Å². The van der Waals surface area contributed by atoms with E-state index in [0.29, 0.717) is 22.3 Å². The Bertz CT molecular complexity index is 1260. The number of nitrogens with zero attached hydrogens (tertiary/aromatic N) is 3. The Balaban J connectivity index is 1.78. The van der Waals surface area contributed by atoms with Crippen molar-refractivity contribution in [2.24, 2.45) is 0 Å². The summed E-state index contributed by atoms with van der Waals surface area (Å²) in [7, 11) is 0. The van der Waals surface area contributed by atoms with E-state index in [4.69, 9.17) is 4.98 Å². The van der Waals surface area contributed by atoms with Crippen molar-refractivity contribution in [1.82, 2.24) is 9.66 Å². The fourth-order valence-electron chi connectivity index (χ4n) is 3.48. The molecular weight excluding hydrogens is 352 g/mol. The highest BCUT2D eigenvalue weighted by atomic mass is 16.2. The summed E-state index contributed by atoms with van der Waals surface area (Å²) in [5, 5.41) is 5.09. The molecule has 28 heavy (non-hydrogen) atoms. The van der Waals surface area contributed by atoms with Crippen molar-refractivity contribution in [3.8, 4) is 11.4 Å². The molecule has 1 aromatic heterocycles. The number of aromatic nitrogens is 2. The molecule has 0 unspecified atom stereocenters. The van der Waals surface area contributed by atoms with Gasteiger partial charge >= 0.3 is 0 Å². The largest absolute Gasteiger partial charge is 0.365 e. The molecule has 0 saturated heterocycles. The van der Waals surface area contributed by atoms with E-state index < -0.39 is 0 Å². The smallest absolute Gasteiger partial charge is 0.280 e. The van der Waals surface area contributed by atoms with Gasteiger partial charge in [-0.3, -0.25) is 9.59 Å². The first kappa shape index (κ1) is 16.3. The lowest BCUT2D eigenvalue weighted by molar-refractivity contribution is 0.0956. The van der Waals surface area contributed by atoms with Crippen molar-refractivity contribution >= 4 is 22.5 Å². The normalized spacial score (nSPS) is 13.3. The summed E-state index contributed by atoms with van der Waals surface area (Å²) < 4.78 is 1.38. The summed E-state index contributed by atoms with van der Waals surface area (Å²) in [5.74, 6) is 0.185. The Morgan fingerprint density at radius 1 is 0.821 bits per heavy atom. The average molecular weight is 368 g/mol. The number of carbonyl (C=O) groups is 1. The van der Waals surface area contributed by atoms with Crippen LogP contribution in [0.25, 0.3) is 22.3 Å². The zero-order valence-electron chi connectivity index (χ0n) is 14.9. The standard InChI is InChI=1S/C22H16N4O2/c27-21-16-10-4-6-12-18(16)23-14-25(21)26-20(15-8-2-1-3-9-15)24-19-13-7-5-11-17(19)22(26)28/h1-13,23H,14H2. The molecule has 0 spiro atoms. The molecule has 0 fully saturated rings. The van der Waals surface area contributed by atoms with E-state index >= 15 is 0 Å². The molecule has 1 aliphatic rings. The minimum atomic E-state index is -0.279. The SMILES string of the molecule is O=C1c2ccccc2NCN1n1c(-c2ccccc2)nc2ccccc2c1=O. The van der Waals surface area contributed by atoms with Crippen LogP contribution in [0.2, 0.25) is 0 Å². The Morgan fingerprint density at radius 2 is 1.54 bits per heavy atom. The van der Waals surface area contributed by atoms with Crippen molar-refractivity contribution in [1.29, 1.82) is 0 Å². The number of hydrogen-bond acceptors (Lipinski definition) is 4. The number of hydrogen-bond donors (Lipinski definition) is 1. The monoisotopic (exact) mass is 368 g/mol. The second-order valence-electron chi connectivity index (χ2n) is 6.52. The molecule has 1 N–H and O–H groups in total. The predicted molar refractivity (Wildman–Crippen MR) is 109 cm³/mol. The summed E-state index contributed by atoms with van der Waals surface area (Å²) in [4.78, 5) is 31.3. The molecule has 6 heteroatoms. The van der Waals surface area contributed by atoms with Gasteiger partial charge in [-0.05, 0) is 24.3 Å². The molecule has 0 aliphatic carbocycles. The Hall–Kier alpha value is -3.93. The van der Waals surface area contributed by atoms with Crippen molar-refractivity contribution < 1.29 is 4.79 Å². The number of benzene rings is 3. The molecule has 0 radical (unpaired) electrons.